The number of para-hydroxylation sites is 1. The summed E-state index contributed by atoms with van der Waals surface area (Å²) in [6.45, 7) is 0. The highest BCUT2D eigenvalue weighted by molar-refractivity contribution is 8.06. The molecule has 2 aliphatic rings. The van der Waals surface area contributed by atoms with Crippen LogP contribution in [0.25, 0.3) is 6.08 Å². The third kappa shape index (κ3) is 3.05. The number of thioether (sulfide) groups is 1. The third-order valence-corrected chi connectivity index (χ3v) is 7.05. The molecule has 5 rings (SSSR count). The van der Waals surface area contributed by atoms with Gasteiger partial charge < -0.3 is 15.3 Å². The van der Waals surface area contributed by atoms with Crippen LogP contribution in [-0.2, 0) is 14.5 Å². The van der Waals surface area contributed by atoms with Crippen molar-refractivity contribution in [2.75, 3.05) is 29.2 Å². The Morgan fingerprint density at radius 2 is 1.66 bits per heavy atom. The molecule has 1 spiro atoms. The Labute approximate surface area is 190 Å². The lowest BCUT2D eigenvalue weighted by Crippen LogP contribution is -2.47. The van der Waals surface area contributed by atoms with E-state index in [0.29, 0.717) is 16.3 Å². The van der Waals surface area contributed by atoms with Gasteiger partial charge in [0.05, 0.1) is 4.91 Å². The van der Waals surface area contributed by atoms with Crippen molar-refractivity contribution in [3.05, 3.63) is 88.8 Å². The summed E-state index contributed by atoms with van der Waals surface area (Å²) in [6, 6.07) is 21.6. The van der Waals surface area contributed by atoms with Crippen LogP contribution in [0.15, 0.2) is 77.7 Å². The topological polar surface area (TPSA) is 72.9 Å². The predicted molar refractivity (Wildman–Crippen MR) is 129 cm³/mol. The van der Waals surface area contributed by atoms with Gasteiger partial charge in [0.15, 0.2) is 0 Å². The second-order valence-electron chi connectivity index (χ2n) is 7.90. The highest BCUT2D eigenvalue weighted by atomic mass is 32.2. The number of hydrogen-bond acceptors (Lipinski definition) is 5. The second kappa shape index (κ2) is 7.46. The fourth-order valence-corrected chi connectivity index (χ4v) is 5.46. The number of phenolic OH excluding ortho intramolecular Hbond substituents is 1. The van der Waals surface area contributed by atoms with E-state index in [1.54, 1.807) is 12.1 Å². The molecule has 1 unspecified atom stereocenters. The van der Waals surface area contributed by atoms with E-state index >= 15 is 0 Å². The number of nitrogens with zero attached hydrogens (tertiary/aromatic N) is 2. The van der Waals surface area contributed by atoms with Crippen LogP contribution < -0.4 is 15.1 Å². The summed E-state index contributed by atoms with van der Waals surface area (Å²) in [7, 11) is 3.94. The molecule has 2 aliphatic heterocycles. The molecule has 6 nitrogen and oxygen atoms in total. The van der Waals surface area contributed by atoms with E-state index in [1.807, 2.05) is 73.6 Å². The summed E-state index contributed by atoms with van der Waals surface area (Å²) in [5, 5.41) is 12.7. The number of phenols is 1. The molecule has 2 amide bonds. The lowest BCUT2D eigenvalue weighted by Gasteiger charge is -2.31. The lowest BCUT2D eigenvalue weighted by molar-refractivity contribution is -0.121. The number of aromatic hydroxyl groups is 1. The largest absolute Gasteiger partial charge is 0.508 e. The summed E-state index contributed by atoms with van der Waals surface area (Å²) >= 11 is 1.24. The molecule has 32 heavy (non-hydrogen) atoms. The maximum absolute atomic E-state index is 13.7. The van der Waals surface area contributed by atoms with Crippen molar-refractivity contribution >= 4 is 46.7 Å². The molecule has 2 N–H and O–H groups in total. The highest BCUT2D eigenvalue weighted by Crippen LogP contribution is 2.57. The van der Waals surface area contributed by atoms with Crippen molar-refractivity contribution in [3.63, 3.8) is 0 Å². The monoisotopic (exact) mass is 443 g/mol. The number of hydrogen-bond donors (Lipinski definition) is 2. The zero-order valence-corrected chi connectivity index (χ0v) is 18.4. The molecule has 160 valence electrons. The molecular weight excluding hydrogens is 422 g/mol. The molecule has 7 heteroatoms. The van der Waals surface area contributed by atoms with Gasteiger partial charge in [0.25, 0.3) is 11.8 Å². The minimum atomic E-state index is -1.25. The van der Waals surface area contributed by atoms with Crippen LogP contribution in [0.5, 0.6) is 5.75 Å². The van der Waals surface area contributed by atoms with Gasteiger partial charge in [-0.1, -0.05) is 42.1 Å². The van der Waals surface area contributed by atoms with Gasteiger partial charge in [-0.05, 0) is 54.1 Å². The molecule has 0 aliphatic carbocycles. The molecule has 0 saturated carbocycles. The van der Waals surface area contributed by atoms with Gasteiger partial charge >= 0.3 is 0 Å². The van der Waals surface area contributed by atoms with E-state index in [9.17, 15) is 14.7 Å². The van der Waals surface area contributed by atoms with Crippen LogP contribution in [-0.4, -0.2) is 31.0 Å². The van der Waals surface area contributed by atoms with E-state index in [0.717, 1.165) is 16.8 Å². The fraction of sp³-hybridized carbons (Fsp3) is 0.120. The Morgan fingerprint density at radius 3 is 2.34 bits per heavy atom. The highest BCUT2D eigenvalue weighted by Gasteiger charge is 2.60. The fourth-order valence-electron chi connectivity index (χ4n) is 4.05. The first-order valence-electron chi connectivity index (χ1n) is 10.1. The average Bonchev–Trinajstić information content (AvgIpc) is 3.23. The Hall–Kier alpha value is -3.71. The van der Waals surface area contributed by atoms with E-state index < -0.39 is 4.87 Å². The number of benzene rings is 3. The van der Waals surface area contributed by atoms with E-state index in [2.05, 4.69) is 5.32 Å². The second-order valence-corrected chi connectivity index (χ2v) is 9.13. The van der Waals surface area contributed by atoms with Crippen LogP contribution in [0.2, 0.25) is 0 Å². The number of fused-ring (bicyclic) bond motifs is 2. The van der Waals surface area contributed by atoms with Crippen molar-refractivity contribution in [1.82, 2.24) is 0 Å². The summed E-state index contributed by atoms with van der Waals surface area (Å²) < 4.78 is 0. The molecule has 2 heterocycles. The number of rotatable bonds is 3. The van der Waals surface area contributed by atoms with Gasteiger partial charge in [-0.25, -0.2) is 0 Å². The Bertz CT molecular complexity index is 1250. The number of amides is 2. The van der Waals surface area contributed by atoms with Crippen molar-refractivity contribution in [2.45, 2.75) is 4.87 Å². The van der Waals surface area contributed by atoms with Crippen molar-refractivity contribution in [2.24, 2.45) is 0 Å². The minimum Gasteiger partial charge on any atom is -0.508 e. The summed E-state index contributed by atoms with van der Waals surface area (Å²) in [5.74, 6) is -0.434. The third-order valence-electron chi connectivity index (χ3n) is 5.65. The Morgan fingerprint density at radius 1 is 0.969 bits per heavy atom. The van der Waals surface area contributed by atoms with Crippen LogP contribution in [0, 0.1) is 0 Å². The standard InChI is InChI=1S/C25H21N3O3S/c1-27(2)17-9-7-16(8-10-17)15-22-23(30)28(18-11-13-19(29)14-12-18)25(32-22)20-5-3-4-6-21(20)26-24(25)31/h3-15,29H,1-2H3,(H,26,31)/b22-15-. The Balaban J connectivity index is 1.65. The van der Waals surface area contributed by atoms with Crippen LogP contribution >= 0.6 is 11.8 Å². The first-order chi connectivity index (χ1) is 15.4. The molecule has 0 radical (unpaired) electrons. The minimum absolute atomic E-state index is 0.0927. The van der Waals surface area contributed by atoms with E-state index in [-0.39, 0.29) is 17.6 Å². The average molecular weight is 444 g/mol. The van der Waals surface area contributed by atoms with Crippen molar-refractivity contribution in [3.8, 4) is 5.75 Å². The summed E-state index contributed by atoms with van der Waals surface area (Å²) in [4.78, 5) is 29.8. The van der Waals surface area contributed by atoms with Crippen LogP contribution in [0.1, 0.15) is 11.1 Å². The molecule has 1 saturated heterocycles. The van der Waals surface area contributed by atoms with E-state index in [4.69, 9.17) is 0 Å². The van der Waals surface area contributed by atoms with Crippen LogP contribution in [0.4, 0.5) is 17.1 Å². The van der Waals surface area contributed by atoms with Gasteiger partial charge in [-0.15, -0.1) is 0 Å². The van der Waals surface area contributed by atoms with E-state index in [1.165, 1.54) is 28.8 Å². The normalized spacial score (nSPS) is 20.7. The predicted octanol–water partition coefficient (Wildman–Crippen LogP) is 4.38. The molecule has 0 aromatic heterocycles. The number of carbonyl (C=O) groups excluding carboxylic acids is 2. The van der Waals surface area contributed by atoms with Gasteiger partial charge in [0.1, 0.15) is 5.75 Å². The molecule has 0 bridgehead atoms. The summed E-state index contributed by atoms with van der Waals surface area (Å²) in [6.07, 6.45) is 1.82. The molecule has 3 aromatic rings. The molecule has 1 fully saturated rings. The molecule has 3 aromatic carbocycles. The lowest BCUT2D eigenvalue weighted by atomic mass is 10.0. The zero-order chi connectivity index (χ0) is 22.5. The molecular formula is C25H21N3O3S. The van der Waals surface area contributed by atoms with Gasteiger partial charge in [-0.2, -0.15) is 0 Å². The maximum atomic E-state index is 13.7. The number of carbonyl (C=O) groups is 2. The number of anilines is 3. The Kier molecular flexibility index (Phi) is 4.71. The van der Waals surface area contributed by atoms with Crippen LogP contribution in [0.3, 0.4) is 0 Å². The first kappa shape index (κ1) is 20.2. The first-order valence-corrected chi connectivity index (χ1v) is 10.9. The smallest absolute Gasteiger partial charge is 0.266 e. The summed E-state index contributed by atoms with van der Waals surface area (Å²) in [5.41, 5.74) is 3.91. The quantitative estimate of drug-likeness (QED) is 0.588. The van der Waals surface area contributed by atoms with Crippen molar-refractivity contribution < 1.29 is 14.7 Å². The van der Waals surface area contributed by atoms with Gasteiger partial charge in [-0.3, -0.25) is 14.5 Å². The maximum Gasteiger partial charge on any atom is 0.266 e. The SMILES string of the molecule is CN(C)c1ccc(/C=C2\SC3(C(=O)Nc4ccccc43)N(c3ccc(O)cc3)C2=O)cc1. The van der Waals surface area contributed by atoms with Gasteiger partial charge in [0, 0.05) is 36.7 Å². The number of nitrogens with one attached hydrogen (secondary N) is 1. The zero-order valence-electron chi connectivity index (χ0n) is 17.6. The molecule has 1 atom stereocenters. The van der Waals surface area contributed by atoms with Gasteiger partial charge in [0.2, 0.25) is 4.87 Å². The van der Waals surface area contributed by atoms with Crippen molar-refractivity contribution in [1.29, 1.82) is 0 Å².